The van der Waals surface area contributed by atoms with Crippen molar-refractivity contribution < 1.29 is 23.9 Å². The van der Waals surface area contributed by atoms with Crippen molar-refractivity contribution in [1.29, 1.82) is 0 Å². The van der Waals surface area contributed by atoms with E-state index >= 15 is 0 Å². The second-order valence-electron chi connectivity index (χ2n) is 8.63. The smallest absolute Gasteiger partial charge is 0.264 e. The van der Waals surface area contributed by atoms with Crippen LogP contribution in [0.1, 0.15) is 59.1 Å². The van der Waals surface area contributed by atoms with Crippen LogP contribution in [0, 0.1) is 5.92 Å². The Balaban J connectivity index is 1.69. The van der Waals surface area contributed by atoms with Gasteiger partial charge in [-0.15, -0.1) is 0 Å². The van der Waals surface area contributed by atoms with E-state index < -0.39 is 6.17 Å². The largest absolute Gasteiger partial charge is 0.493 e. The van der Waals surface area contributed by atoms with E-state index in [0.717, 1.165) is 0 Å². The highest BCUT2D eigenvalue weighted by molar-refractivity contribution is 6.18. The zero-order chi connectivity index (χ0) is 23.7. The number of nitrogens with zero attached hydrogens (tertiary/aromatic N) is 2. The molecular formula is C25H29N3O5. The molecule has 4 rings (SSSR count). The summed E-state index contributed by atoms with van der Waals surface area (Å²) < 4.78 is 10.9. The second-order valence-corrected chi connectivity index (χ2v) is 8.63. The van der Waals surface area contributed by atoms with E-state index in [9.17, 15) is 14.4 Å². The maximum atomic E-state index is 13.6. The second kappa shape index (κ2) is 9.13. The standard InChI is InChI=1S/C25H29N3O5/c1-15(2)14-26-20(29)10-7-13-27-23-17-11-12-19(32-3)22(33-4)21(17)25(31)28(23)18-9-6-5-8-16(18)24(27)30/h5-6,8-9,11-12,15,23H,7,10,13-14H2,1-4H3,(H,26,29)/t23-/m0/s1. The molecule has 33 heavy (non-hydrogen) atoms. The normalized spacial score (nSPS) is 16.5. The van der Waals surface area contributed by atoms with Crippen molar-refractivity contribution >= 4 is 23.4 Å². The van der Waals surface area contributed by atoms with Crippen LogP contribution in [0.4, 0.5) is 5.69 Å². The summed E-state index contributed by atoms with van der Waals surface area (Å²) >= 11 is 0. The Bertz CT molecular complexity index is 1100. The number of hydrogen-bond donors (Lipinski definition) is 1. The number of carbonyl (C=O) groups excluding carboxylic acids is 3. The fourth-order valence-electron chi connectivity index (χ4n) is 4.47. The topological polar surface area (TPSA) is 88.2 Å². The highest BCUT2D eigenvalue weighted by atomic mass is 16.5. The molecular weight excluding hydrogens is 422 g/mol. The van der Waals surface area contributed by atoms with Crippen LogP contribution in [-0.2, 0) is 4.79 Å². The molecule has 0 aromatic heterocycles. The molecule has 2 aliphatic rings. The predicted octanol–water partition coefficient (Wildman–Crippen LogP) is 3.37. The average Bonchev–Trinajstić information content (AvgIpc) is 3.11. The lowest BCUT2D eigenvalue weighted by Gasteiger charge is -2.41. The van der Waals surface area contributed by atoms with Crippen molar-refractivity contribution in [1.82, 2.24) is 10.2 Å². The minimum atomic E-state index is -0.603. The van der Waals surface area contributed by atoms with E-state index in [2.05, 4.69) is 5.32 Å². The van der Waals surface area contributed by atoms with Crippen LogP contribution in [0.2, 0.25) is 0 Å². The summed E-state index contributed by atoms with van der Waals surface area (Å²) in [5, 5.41) is 2.91. The molecule has 0 saturated carbocycles. The molecule has 2 aromatic carbocycles. The lowest BCUT2D eigenvalue weighted by atomic mass is 10.0. The molecule has 0 spiro atoms. The molecule has 3 amide bonds. The Hall–Kier alpha value is -3.55. The number of anilines is 1. The van der Waals surface area contributed by atoms with Gasteiger partial charge in [-0.3, -0.25) is 19.3 Å². The van der Waals surface area contributed by atoms with Crippen LogP contribution in [0.15, 0.2) is 36.4 Å². The number of hydrogen-bond acceptors (Lipinski definition) is 5. The third-order valence-corrected chi connectivity index (χ3v) is 5.99. The number of amides is 3. The Morgan fingerprint density at radius 3 is 2.52 bits per heavy atom. The minimum absolute atomic E-state index is 0.0419. The maximum absolute atomic E-state index is 13.6. The van der Waals surface area contributed by atoms with E-state index in [1.165, 1.54) is 14.2 Å². The van der Waals surface area contributed by atoms with E-state index in [1.54, 1.807) is 34.1 Å². The molecule has 174 valence electrons. The number of benzene rings is 2. The molecule has 2 aromatic rings. The van der Waals surface area contributed by atoms with Crippen molar-refractivity contribution in [3.63, 3.8) is 0 Å². The van der Waals surface area contributed by atoms with Gasteiger partial charge in [0.15, 0.2) is 11.5 Å². The molecule has 2 aliphatic heterocycles. The zero-order valence-electron chi connectivity index (χ0n) is 19.4. The molecule has 0 unspecified atom stereocenters. The summed E-state index contributed by atoms with van der Waals surface area (Å²) in [5.41, 5.74) is 2.11. The van der Waals surface area contributed by atoms with Crippen LogP contribution in [0.5, 0.6) is 11.5 Å². The van der Waals surface area contributed by atoms with Crippen LogP contribution >= 0.6 is 0 Å². The van der Waals surface area contributed by atoms with Crippen LogP contribution in [-0.4, -0.2) is 49.9 Å². The van der Waals surface area contributed by atoms with Gasteiger partial charge in [0.05, 0.1) is 31.0 Å². The van der Waals surface area contributed by atoms with Crippen molar-refractivity contribution in [3.8, 4) is 11.5 Å². The average molecular weight is 452 g/mol. The predicted molar refractivity (Wildman–Crippen MR) is 124 cm³/mol. The number of nitrogens with one attached hydrogen (secondary N) is 1. The molecule has 0 aliphatic carbocycles. The lowest BCUT2D eigenvalue weighted by molar-refractivity contribution is -0.121. The number of carbonyl (C=O) groups is 3. The Labute approximate surface area is 193 Å². The molecule has 0 radical (unpaired) electrons. The number of fused-ring (bicyclic) bond motifs is 5. The Kier molecular flexibility index (Phi) is 6.26. The van der Waals surface area contributed by atoms with Crippen molar-refractivity contribution in [2.75, 3.05) is 32.2 Å². The first-order valence-corrected chi connectivity index (χ1v) is 11.1. The molecule has 8 heteroatoms. The van der Waals surface area contributed by atoms with Crippen LogP contribution in [0.3, 0.4) is 0 Å². The van der Waals surface area contributed by atoms with Crippen molar-refractivity contribution in [2.24, 2.45) is 5.92 Å². The summed E-state index contributed by atoms with van der Waals surface area (Å²) in [6.45, 7) is 5.03. The number of ether oxygens (including phenoxy) is 2. The summed E-state index contributed by atoms with van der Waals surface area (Å²) in [6, 6.07) is 10.7. The molecule has 8 nitrogen and oxygen atoms in total. The highest BCUT2D eigenvalue weighted by Crippen LogP contribution is 2.49. The summed E-state index contributed by atoms with van der Waals surface area (Å²) in [7, 11) is 3.02. The van der Waals surface area contributed by atoms with Gasteiger partial charge in [-0.05, 0) is 30.5 Å². The first kappa shape index (κ1) is 22.6. The van der Waals surface area contributed by atoms with Gasteiger partial charge in [0, 0.05) is 25.1 Å². The third-order valence-electron chi connectivity index (χ3n) is 5.99. The molecule has 1 atom stereocenters. The molecule has 1 N–H and O–H groups in total. The van der Waals surface area contributed by atoms with Crippen molar-refractivity contribution in [3.05, 3.63) is 53.1 Å². The highest BCUT2D eigenvalue weighted by Gasteiger charge is 2.49. The number of rotatable bonds is 8. The number of methoxy groups -OCH3 is 2. The monoisotopic (exact) mass is 451 g/mol. The lowest BCUT2D eigenvalue weighted by Crippen LogP contribution is -2.48. The van der Waals surface area contributed by atoms with Gasteiger partial charge >= 0.3 is 0 Å². The first-order chi connectivity index (χ1) is 15.9. The van der Waals surface area contributed by atoms with Crippen LogP contribution < -0.4 is 19.7 Å². The van der Waals surface area contributed by atoms with Gasteiger partial charge in [0.25, 0.3) is 11.8 Å². The van der Waals surface area contributed by atoms with E-state index in [-0.39, 0.29) is 17.7 Å². The van der Waals surface area contributed by atoms with Crippen LogP contribution in [0.25, 0.3) is 0 Å². The number of para-hydroxylation sites is 1. The van der Waals surface area contributed by atoms with Gasteiger partial charge in [-0.2, -0.15) is 0 Å². The molecule has 0 saturated heterocycles. The fourth-order valence-corrected chi connectivity index (χ4v) is 4.47. The quantitative estimate of drug-likeness (QED) is 0.665. The fraction of sp³-hybridized carbons (Fsp3) is 0.400. The SMILES string of the molecule is COc1ccc2c(c1OC)C(=O)N1c3ccccc3C(=O)N(CCCC(=O)NCC(C)C)[C@H]21. The Morgan fingerprint density at radius 2 is 1.82 bits per heavy atom. The van der Waals surface area contributed by atoms with Crippen molar-refractivity contribution in [2.45, 2.75) is 32.9 Å². The third kappa shape index (κ3) is 3.90. The minimum Gasteiger partial charge on any atom is -0.493 e. The summed E-state index contributed by atoms with van der Waals surface area (Å²) in [6.07, 6.45) is 0.185. The van der Waals surface area contributed by atoms with Gasteiger partial charge in [0.1, 0.15) is 6.17 Å². The van der Waals surface area contributed by atoms with E-state index in [4.69, 9.17) is 9.47 Å². The molecule has 0 fully saturated rings. The van der Waals surface area contributed by atoms with E-state index in [1.807, 2.05) is 26.0 Å². The van der Waals surface area contributed by atoms with Gasteiger partial charge in [-0.25, -0.2) is 0 Å². The molecule has 2 heterocycles. The van der Waals surface area contributed by atoms with Gasteiger partial charge in [-0.1, -0.05) is 32.0 Å². The Morgan fingerprint density at radius 1 is 1.06 bits per heavy atom. The zero-order valence-corrected chi connectivity index (χ0v) is 19.4. The summed E-state index contributed by atoms with van der Waals surface area (Å²) in [4.78, 5) is 42.6. The van der Waals surface area contributed by atoms with Gasteiger partial charge in [0.2, 0.25) is 5.91 Å². The first-order valence-electron chi connectivity index (χ1n) is 11.1. The maximum Gasteiger partial charge on any atom is 0.264 e. The van der Waals surface area contributed by atoms with E-state index in [0.29, 0.717) is 65.7 Å². The summed E-state index contributed by atoms with van der Waals surface area (Å²) in [5.74, 6) is 0.732. The molecule has 0 bridgehead atoms. The van der Waals surface area contributed by atoms with Gasteiger partial charge < -0.3 is 19.7 Å².